The highest BCUT2D eigenvalue weighted by atomic mass is 14.0. The molecule has 1 rings (SSSR count). The Morgan fingerprint density at radius 3 is 2.50 bits per heavy atom. The van der Waals surface area contributed by atoms with Crippen LogP contribution in [-0.4, -0.2) is 0 Å². The molecule has 12 heavy (non-hydrogen) atoms. The van der Waals surface area contributed by atoms with Crippen LogP contribution in [0.3, 0.4) is 0 Å². The van der Waals surface area contributed by atoms with Crippen molar-refractivity contribution in [1.29, 1.82) is 0 Å². The van der Waals surface area contributed by atoms with E-state index < -0.39 is 0 Å². The number of benzene rings is 1. The summed E-state index contributed by atoms with van der Waals surface area (Å²) in [7, 11) is 0. The van der Waals surface area contributed by atoms with Gasteiger partial charge < -0.3 is 0 Å². The van der Waals surface area contributed by atoms with Gasteiger partial charge in [-0.2, -0.15) is 0 Å². The standard InChI is InChI=1S/C12H14/c1-4-11(5-2)12-9-7-6-8-10(12)3/h4-9H,1H2,2-3H3. The van der Waals surface area contributed by atoms with E-state index in [0.29, 0.717) is 0 Å². The first-order valence-corrected chi connectivity index (χ1v) is 4.14. The van der Waals surface area contributed by atoms with Crippen molar-refractivity contribution in [3.8, 4) is 0 Å². The highest BCUT2D eigenvalue weighted by molar-refractivity contribution is 5.75. The van der Waals surface area contributed by atoms with Crippen molar-refractivity contribution in [3.05, 3.63) is 54.1 Å². The molecule has 0 amide bonds. The molecule has 0 unspecified atom stereocenters. The minimum atomic E-state index is 1.20. The second kappa shape index (κ2) is 3.91. The Hall–Kier alpha value is -1.30. The maximum absolute atomic E-state index is 3.78. The van der Waals surface area contributed by atoms with E-state index in [0.717, 1.165) is 0 Å². The summed E-state index contributed by atoms with van der Waals surface area (Å²) in [5.41, 5.74) is 3.77. The van der Waals surface area contributed by atoms with Crippen LogP contribution in [0.2, 0.25) is 0 Å². The molecule has 1 aromatic rings. The third kappa shape index (κ3) is 1.65. The molecule has 0 spiro atoms. The van der Waals surface area contributed by atoms with Gasteiger partial charge in [-0.05, 0) is 30.5 Å². The van der Waals surface area contributed by atoms with Crippen molar-refractivity contribution >= 4 is 5.57 Å². The lowest BCUT2D eigenvalue weighted by Gasteiger charge is -2.04. The first-order chi connectivity index (χ1) is 5.79. The molecule has 0 heterocycles. The van der Waals surface area contributed by atoms with E-state index >= 15 is 0 Å². The molecule has 0 N–H and O–H groups in total. The van der Waals surface area contributed by atoms with E-state index in [9.17, 15) is 0 Å². The van der Waals surface area contributed by atoms with E-state index in [4.69, 9.17) is 0 Å². The second-order valence-corrected chi connectivity index (χ2v) is 2.76. The molecule has 62 valence electrons. The summed E-state index contributed by atoms with van der Waals surface area (Å²) in [6.07, 6.45) is 3.97. The molecule has 0 radical (unpaired) electrons. The smallest absolute Gasteiger partial charge is 0.0158 e. The Morgan fingerprint density at radius 1 is 1.33 bits per heavy atom. The van der Waals surface area contributed by atoms with Crippen molar-refractivity contribution < 1.29 is 0 Å². The maximum atomic E-state index is 3.78. The molecular formula is C12H14. The lowest BCUT2D eigenvalue weighted by Crippen LogP contribution is -1.84. The van der Waals surface area contributed by atoms with Crippen LogP contribution in [0.5, 0.6) is 0 Å². The molecule has 0 aliphatic heterocycles. The molecule has 0 aliphatic rings. The minimum absolute atomic E-state index is 1.20. The van der Waals surface area contributed by atoms with E-state index in [2.05, 4.69) is 43.8 Å². The van der Waals surface area contributed by atoms with Gasteiger partial charge >= 0.3 is 0 Å². The van der Waals surface area contributed by atoms with Gasteiger partial charge in [0.2, 0.25) is 0 Å². The number of allylic oxidation sites excluding steroid dienone is 3. The van der Waals surface area contributed by atoms with Gasteiger partial charge in [-0.1, -0.05) is 43.0 Å². The average Bonchev–Trinajstić information content (AvgIpc) is 2.10. The summed E-state index contributed by atoms with van der Waals surface area (Å²) >= 11 is 0. The van der Waals surface area contributed by atoms with E-state index in [1.165, 1.54) is 16.7 Å². The molecule has 1 aromatic carbocycles. The Balaban J connectivity index is 3.18. The molecule has 0 nitrogen and oxygen atoms in total. The van der Waals surface area contributed by atoms with Crippen molar-refractivity contribution in [1.82, 2.24) is 0 Å². The zero-order valence-electron chi connectivity index (χ0n) is 7.67. The van der Waals surface area contributed by atoms with Gasteiger partial charge in [0.25, 0.3) is 0 Å². The zero-order chi connectivity index (χ0) is 8.97. The van der Waals surface area contributed by atoms with Crippen molar-refractivity contribution in [2.24, 2.45) is 0 Å². The third-order valence-corrected chi connectivity index (χ3v) is 1.99. The van der Waals surface area contributed by atoms with Crippen molar-refractivity contribution in [3.63, 3.8) is 0 Å². The molecule has 0 heteroatoms. The number of aryl methyl sites for hydroxylation is 1. The van der Waals surface area contributed by atoms with Crippen LogP contribution in [0, 0.1) is 6.92 Å². The minimum Gasteiger partial charge on any atom is -0.0985 e. The van der Waals surface area contributed by atoms with Crippen LogP contribution in [-0.2, 0) is 0 Å². The van der Waals surface area contributed by atoms with Crippen LogP contribution in [0.25, 0.3) is 5.57 Å². The normalized spacial score (nSPS) is 11.3. The largest absolute Gasteiger partial charge is 0.0985 e. The fourth-order valence-electron chi connectivity index (χ4n) is 1.28. The quantitative estimate of drug-likeness (QED) is 0.577. The van der Waals surface area contributed by atoms with Crippen LogP contribution in [0.4, 0.5) is 0 Å². The first-order valence-electron chi connectivity index (χ1n) is 4.14. The summed E-state index contributed by atoms with van der Waals surface area (Å²) in [6.45, 7) is 7.93. The van der Waals surface area contributed by atoms with E-state index in [1.54, 1.807) is 0 Å². The zero-order valence-corrected chi connectivity index (χ0v) is 7.67. The van der Waals surface area contributed by atoms with Gasteiger partial charge in [-0.15, -0.1) is 0 Å². The topological polar surface area (TPSA) is 0 Å². The summed E-state index contributed by atoms with van der Waals surface area (Å²) in [4.78, 5) is 0. The summed E-state index contributed by atoms with van der Waals surface area (Å²) in [5.74, 6) is 0. The summed E-state index contributed by atoms with van der Waals surface area (Å²) < 4.78 is 0. The summed E-state index contributed by atoms with van der Waals surface area (Å²) in [6, 6.07) is 8.33. The number of hydrogen-bond acceptors (Lipinski definition) is 0. The Kier molecular flexibility index (Phi) is 2.87. The predicted octanol–water partition coefficient (Wildman–Crippen LogP) is 3.58. The van der Waals surface area contributed by atoms with E-state index in [-0.39, 0.29) is 0 Å². The third-order valence-electron chi connectivity index (χ3n) is 1.99. The van der Waals surface area contributed by atoms with Gasteiger partial charge in [-0.3, -0.25) is 0 Å². The van der Waals surface area contributed by atoms with Gasteiger partial charge in [0.05, 0.1) is 0 Å². The van der Waals surface area contributed by atoms with Crippen LogP contribution >= 0.6 is 0 Å². The summed E-state index contributed by atoms with van der Waals surface area (Å²) in [5, 5.41) is 0. The molecule has 0 aliphatic carbocycles. The number of hydrogen-bond donors (Lipinski definition) is 0. The van der Waals surface area contributed by atoms with Gasteiger partial charge in [0, 0.05) is 0 Å². The highest BCUT2D eigenvalue weighted by Crippen LogP contribution is 2.18. The molecule has 0 aromatic heterocycles. The predicted molar refractivity (Wildman–Crippen MR) is 55.0 cm³/mol. The van der Waals surface area contributed by atoms with Crippen LogP contribution < -0.4 is 0 Å². The van der Waals surface area contributed by atoms with Gasteiger partial charge in [-0.25, -0.2) is 0 Å². The van der Waals surface area contributed by atoms with Gasteiger partial charge in [0.15, 0.2) is 0 Å². The Morgan fingerprint density at radius 2 is 2.00 bits per heavy atom. The second-order valence-electron chi connectivity index (χ2n) is 2.76. The lowest BCUT2D eigenvalue weighted by molar-refractivity contribution is 1.42. The Labute approximate surface area is 74.2 Å². The number of rotatable bonds is 2. The molecule has 0 fully saturated rings. The maximum Gasteiger partial charge on any atom is -0.0158 e. The lowest BCUT2D eigenvalue weighted by atomic mass is 10.0. The monoisotopic (exact) mass is 158 g/mol. The first kappa shape index (κ1) is 8.79. The molecule has 0 bridgehead atoms. The highest BCUT2D eigenvalue weighted by Gasteiger charge is 1.97. The molecule has 0 saturated heterocycles. The molecule has 0 atom stereocenters. The fraction of sp³-hybridized carbons (Fsp3) is 0.167. The van der Waals surface area contributed by atoms with Crippen LogP contribution in [0.1, 0.15) is 18.1 Å². The van der Waals surface area contributed by atoms with Gasteiger partial charge in [0.1, 0.15) is 0 Å². The van der Waals surface area contributed by atoms with Crippen LogP contribution in [0.15, 0.2) is 43.0 Å². The fourth-order valence-corrected chi connectivity index (χ4v) is 1.28. The average molecular weight is 158 g/mol. The Bertz CT molecular complexity index is 306. The SMILES string of the molecule is C=CC(=CC)c1ccccc1C. The molecular weight excluding hydrogens is 144 g/mol. The van der Waals surface area contributed by atoms with E-state index in [1.807, 2.05) is 13.0 Å². The van der Waals surface area contributed by atoms with Crippen molar-refractivity contribution in [2.45, 2.75) is 13.8 Å². The van der Waals surface area contributed by atoms with Crippen molar-refractivity contribution in [2.75, 3.05) is 0 Å². The molecule has 0 saturated carbocycles.